The third-order valence-corrected chi connectivity index (χ3v) is 6.60. The number of hydrogen-bond acceptors (Lipinski definition) is 5. The highest BCUT2D eigenvalue weighted by molar-refractivity contribution is 5.83. The number of hydrogen-bond donors (Lipinski definition) is 4. The molecule has 0 radical (unpaired) electrons. The lowest BCUT2D eigenvalue weighted by atomic mass is 9.90. The fourth-order valence-corrected chi connectivity index (χ4v) is 4.58. The summed E-state index contributed by atoms with van der Waals surface area (Å²) in [5.41, 5.74) is 2.44. The monoisotopic (exact) mass is 486 g/mol. The second-order valence-corrected chi connectivity index (χ2v) is 9.50. The zero-order chi connectivity index (χ0) is 25.8. The van der Waals surface area contributed by atoms with Gasteiger partial charge in [0.05, 0.1) is 12.1 Å². The van der Waals surface area contributed by atoms with Gasteiger partial charge in [0.25, 0.3) is 0 Å². The summed E-state index contributed by atoms with van der Waals surface area (Å²) in [7, 11) is 0. The molecule has 2 fully saturated rings. The zero-order valence-corrected chi connectivity index (χ0v) is 22.3. The Morgan fingerprint density at radius 3 is 2.37 bits per heavy atom. The van der Waals surface area contributed by atoms with E-state index in [4.69, 9.17) is 0 Å². The number of aliphatic hydroxyl groups is 1. The summed E-state index contributed by atoms with van der Waals surface area (Å²) in [5, 5.41) is 20.4. The molecule has 1 aromatic rings. The highest BCUT2D eigenvalue weighted by Gasteiger charge is 2.35. The van der Waals surface area contributed by atoms with Crippen LogP contribution in [0.2, 0.25) is 0 Å². The van der Waals surface area contributed by atoms with Gasteiger partial charge in [-0.2, -0.15) is 0 Å². The Morgan fingerprint density at radius 1 is 1.11 bits per heavy atom. The second-order valence-electron chi connectivity index (χ2n) is 9.50. The van der Waals surface area contributed by atoms with Crippen molar-refractivity contribution in [2.24, 2.45) is 5.92 Å². The summed E-state index contributed by atoms with van der Waals surface area (Å²) in [4.78, 5) is 27.6. The maximum absolute atomic E-state index is 13.7. The number of carbonyl (C=O) groups excluding carboxylic acids is 2. The first-order valence-electron chi connectivity index (χ1n) is 13.4. The van der Waals surface area contributed by atoms with Crippen molar-refractivity contribution in [3.63, 3.8) is 0 Å². The number of nitrogens with zero attached hydrogens (tertiary/aromatic N) is 1. The van der Waals surface area contributed by atoms with E-state index in [1.807, 2.05) is 44.2 Å². The lowest BCUT2D eigenvalue weighted by Crippen LogP contribution is -2.58. The van der Waals surface area contributed by atoms with Crippen LogP contribution < -0.4 is 16.0 Å². The number of allylic oxidation sites excluding steroid dienone is 1. The molecule has 7 nitrogen and oxygen atoms in total. The predicted octanol–water partition coefficient (Wildman–Crippen LogP) is 3.34. The van der Waals surface area contributed by atoms with Crippen LogP contribution in [0.25, 0.3) is 0 Å². The van der Waals surface area contributed by atoms with Gasteiger partial charge in [-0.3, -0.25) is 9.59 Å². The smallest absolute Gasteiger partial charge is 0.243 e. The van der Waals surface area contributed by atoms with E-state index in [9.17, 15) is 14.7 Å². The molecular weight excluding hydrogens is 440 g/mol. The maximum Gasteiger partial charge on any atom is 0.243 e. The molecular formula is C28H46N4O3. The summed E-state index contributed by atoms with van der Waals surface area (Å²) in [6, 6.07) is 9.00. The Kier molecular flexibility index (Phi) is 12.1. The molecule has 1 heterocycles. The first-order valence-corrected chi connectivity index (χ1v) is 13.4. The van der Waals surface area contributed by atoms with Crippen LogP contribution in [0, 0.1) is 5.92 Å². The number of benzene rings is 1. The number of rotatable bonds is 10. The van der Waals surface area contributed by atoms with Gasteiger partial charge in [-0.1, -0.05) is 65.0 Å². The maximum atomic E-state index is 13.7. The van der Waals surface area contributed by atoms with Crippen molar-refractivity contribution < 1.29 is 14.7 Å². The van der Waals surface area contributed by atoms with Crippen LogP contribution in [0.15, 0.2) is 41.7 Å². The zero-order valence-electron chi connectivity index (χ0n) is 22.3. The molecule has 1 saturated heterocycles. The van der Waals surface area contributed by atoms with Gasteiger partial charge in [0.15, 0.2) is 0 Å². The molecule has 3 atom stereocenters. The first kappa shape index (κ1) is 28.7. The van der Waals surface area contributed by atoms with Crippen LogP contribution in [0.4, 0.5) is 0 Å². The van der Waals surface area contributed by atoms with Crippen LogP contribution in [-0.4, -0.2) is 59.6 Å². The predicted molar refractivity (Wildman–Crippen MR) is 142 cm³/mol. The van der Waals surface area contributed by atoms with E-state index >= 15 is 0 Å². The number of carbonyl (C=O) groups is 2. The molecule has 1 aliphatic carbocycles. The Labute approximate surface area is 211 Å². The van der Waals surface area contributed by atoms with Gasteiger partial charge in [0, 0.05) is 26.1 Å². The van der Waals surface area contributed by atoms with Crippen LogP contribution >= 0.6 is 0 Å². The third-order valence-electron chi connectivity index (χ3n) is 6.60. The number of aliphatic hydroxyl groups excluding tert-OH is 1. The Bertz CT molecular complexity index is 819. The number of amides is 2. The van der Waals surface area contributed by atoms with E-state index < -0.39 is 12.1 Å². The lowest BCUT2D eigenvalue weighted by Gasteiger charge is -2.43. The summed E-state index contributed by atoms with van der Waals surface area (Å²) < 4.78 is 0. The fourth-order valence-electron chi connectivity index (χ4n) is 4.58. The van der Waals surface area contributed by atoms with Crippen molar-refractivity contribution in [3.8, 4) is 0 Å². The quantitative estimate of drug-likeness (QED) is 0.407. The average Bonchev–Trinajstić information content (AvgIpc) is 2.83. The number of nitrogens with one attached hydrogen (secondary N) is 3. The highest BCUT2D eigenvalue weighted by atomic mass is 16.3. The molecule has 196 valence electrons. The summed E-state index contributed by atoms with van der Waals surface area (Å²) in [5.74, 6) is 1.05. The third kappa shape index (κ3) is 8.27. The topological polar surface area (TPSA) is 93.7 Å². The Morgan fingerprint density at radius 2 is 1.80 bits per heavy atom. The molecule has 0 spiro atoms. The summed E-state index contributed by atoms with van der Waals surface area (Å²) in [6.45, 7) is 11.8. The average molecular weight is 487 g/mol. The van der Waals surface area contributed by atoms with Crippen molar-refractivity contribution in [2.45, 2.75) is 91.3 Å². The molecule has 1 aromatic carbocycles. The van der Waals surface area contributed by atoms with Crippen LogP contribution in [0.1, 0.15) is 72.3 Å². The standard InChI is InChI=1S/C26H40N4O3.C2H6/c1-4-23(32)28-17-22(31)21(16-19-10-6-5-7-11-19)29-26(33)24(18(2)3)30-15-9-14-27-25(30)20-12-8-13-20;1-2/h5-7,10-11,18,21-22,24,27,31H,4,8-9,12-17H2,1-3H3,(H,28,32)(H,29,33);1-2H3/t21-,22?,24?;/m0./s1. The first-order chi connectivity index (χ1) is 16.9. The van der Waals surface area contributed by atoms with Crippen molar-refractivity contribution in [1.82, 2.24) is 20.9 Å². The minimum atomic E-state index is -0.888. The van der Waals surface area contributed by atoms with E-state index in [0.717, 1.165) is 43.7 Å². The van der Waals surface area contributed by atoms with Gasteiger partial charge < -0.3 is 26.0 Å². The van der Waals surface area contributed by atoms with Gasteiger partial charge in [-0.05, 0) is 49.2 Å². The van der Waals surface area contributed by atoms with E-state index in [1.165, 1.54) is 12.0 Å². The van der Waals surface area contributed by atoms with E-state index in [1.54, 1.807) is 6.92 Å². The molecule has 1 aliphatic heterocycles. The van der Waals surface area contributed by atoms with Gasteiger partial charge in [-0.15, -0.1) is 0 Å². The molecule has 2 aliphatic rings. The van der Waals surface area contributed by atoms with Gasteiger partial charge in [-0.25, -0.2) is 0 Å². The largest absolute Gasteiger partial charge is 0.389 e. The van der Waals surface area contributed by atoms with Crippen LogP contribution in [0.5, 0.6) is 0 Å². The minimum Gasteiger partial charge on any atom is -0.389 e. The van der Waals surface area contributed by atoms with Crippen molar-refractivity contribution >= 4 is 11.8 Å². The Hall–Kier alpha value is -2.54. The van der Waals surface area contributed by atoms with Crippen molar-refractivity contribution in [3.05, 3.63) is 47.3 Å². The normalized spacial score (nSPS) is 17.9. The molecule has 7 heteroatoms. The highest BCUT2D eigenvalue weighted by Crippen LogP contribution is 2.32. The SMILES string of the molecule is CC.CCC(=O)NCC(O)[C@H](Cc1ccccc1)NC(=O)C(C(C)C)N1CCCNC1=C1CCC1. The molecule has 0 bridgehead atoms. The van der Waals surface area contributed by atoms with Crippen molar-refractivity contribution in [2.75, 3.05) is 19.6 Å². The molecule has 0 aromatic heterocycles. The molecule has 1 saturated carbocycles. The van der Waals surface area contributed by atoms with Gasteiger partial charge >= 0.3 is 0 Å². The van der Waals surface area contributed by atoms with Gasteiger partial charge in [0.1, 0.15) is 11.9 Å². The van der Waals surface area contributed by atoms with E-state index in [-0.39, 0.29) is 30.3 Å². The van der Waals surface area contributed by atoms with Crippen LogP contribution in [-0.2, 0) is 16.0 Å². The Balaban J connectivity index is 0.00000210. The van der Waals surface area contributed by atoms with E-state index in [0.29, 0.717) is 12.8 Å². The van der Waals surface area contributed by atoms with E-state index in [2.05, 4.69) is 34.7 Å². The van der Waals surface area contributed by atoms with Crippen LogP contribution in [0.3, 0.4) is 0 Å². The fraction of sp³-hybridized carbons (Fsp3) is 0.643. The molecule has 35 heavy (non-hydrogen) atoms. The van der Waals surface area contributed by atoms with Gasteiger partial charge in [0.2, 0.25) is 11.8 Å². The van der Waals surface area contributed by atoms with Crippen molar-refractivity contribution in [1.29, 1.82) is 0 Å². The minimum absolute atomic E-state index is 0.0760. The summed E-state index contributed by atoms with van der Waals surface area (Å²) >= 11 is 0. The molecule has 4 N–H and O–H groups in total. The molecule has 2 amide bonds. The summed E-state index contributed by atoms with van der Waals surface area (Å²) in [6.07, 6.45) is 4.36. The molecule has 2 unspecified atom stereocenters. The second kappa shape index (κ2) is 14.8. The lowest BCUT2D eigenvalue weighted by molar-refractivity contribution is -0.129. The molecule has 3 rings (SSSR count).